The number of esters is 1. The Balaban J connectivity index is 2.36. The summed E-state index contributed by atoms with van der Waals surface area (Å²) in [7, 11) is 0. The van der Waals surface area contributed by atoms with Crippen LogP contribution in [-0.2, 0) is 11.2 Å². The molecule has 0 bridgehead atoms. The Bertz CT molecular complexity index is 320. The van der Waals surface area contributed by atoms with E-state index in [0.717, 1.165) is 18.6 Å². The fraction of sp³-hybridized carbons (Fsp3) is 0.667. The van der Waals surface area contributed by atoms with Crippen LogP contribution in [0.15, 0.2) is 10.6 Å². The van der Waals surface area contributed by atoms with Crippen LogP contribution in [0, 0.1) is 0 Å². The van der Waals surface area contributed by atoms with Crippen molar-refractivity contribution < 1.29 is 13.9 Å². The van der Waals surface area contributed by atoms with Gasteiger partial charge in [-0.15, -0.1) is 0 Å². The maximum atomic E-state index is 11.3. The molecule has 0 N–H and O–H groups in total. The van der Waals surface area contributed by atoms with Gasteiger partial charge in [0.2, 0.25) is 0 Å². The van der Waals surface area contributed by atoms with Crippen molar-refractivity contribution in [1.82, 2.24) is 4.98 Å². The Hall–Kier alpha value is -1.32. The summed E-state index contributed by atoms with van der Waals surface area (Å²) in [6.45, 7) is 4.27. The number of ether oxygens (including phenoxy) is 1. The summed E-state index contributed by atoms with van der Waals surface area (Å²) in [6.07, 6.45) is 7.16. The highest BCUT2D eigenvalue weighted by Crippen LogP contribution is 2.10. The zero-order valence-electron chi connectivity index (χ0n) is 9.99. The number of carbonyl (C=O) groups is 1. The topological polar surface area (TPSA) is 52.3 Å². The molecule has 0 saturated heterocycles. The number of hydrogen-bond acceptors (Lipinski definition) is 4. The van der Waals surface area contributed by atoms with Crippen LogP contribution < -0.4 is 0 Å². The molecule has 4 heteroatoms. The van der Waals surface area contributed by atoms with Gasteiger partial charge in [0.25, 0.3) is 0 Å². The van der Waals surface area contributed by atoms with Crippen molar-refractivity contribution in [3.05, 3.63) is 17.8 Å². The number of aromatic nitrogens is 1. The molecule has 1 heterocycles. The van der Waals surface area contributed by atoms with E-state index in [0.29, 0.717) is 6.61 Å². The Kier molecular flexibility index (Phi) is 5.61. The molecule has 0 aliphatic rings. The molecule has 0 radical (unpaired) electrons. The second kappa shape index (κ2) is 7.04. The molecule has 0 fully saturated rings. The van der Waals surface area contributed by atoms with Gasteiger partial charge in [-0.3, -0.25) is 0 Å². The summed E-state index contributed by atoms with van der Waals surface area (Å²) in [6, 6.07) is 0. The molecular formula is C12H19NO3. The molecule has 0 unspecified atom stereocenters. The van der Waals surface area contributed by atoms with Gasteiger partial charge in [-0.05, 0) is 13.3 Å². The number of rotatable bonds is 7. The Morgan fingerprint density at radius 2 is 2.19 bits per heavy atom. The summed E-state index contributed by atoms with van der Waals surface area (Å²) in [5, 5.41) is 0. The van der Waals surface area contributed by atoms with E-state index >= 15 is 0 Å². The first kappa shape index (κ1) is 12.7. The first-order valence-corrected chi connectivity index (χ1v) is 5.89. The van der Waals surface area contributed by atoms with Gasteiger partial charge in [0.1, 0.15) is 5.76 Å². The third-order valence-corrected chi connectivity index (χ3v) is 2.28. The van der Waals surface area contributed by atoms with Crippen molar-refractivity contribution in [2.24, 2.45) is 0 Å². The number of aryl methyl sites for hydroxylation is 1. The van der Waals surface area contributed by atoms with E-state index in [2.05, 4.69) is 11.9 Å². The van der Waals surface area contributed by atoms with Crippen LogP contribution >= 0.6 is 0 Å². The van der Waals surface area contributed by atoms with E-state index in [1.807, 2.05) is 0 Å². The Morgan fingerprint density at radius 3 is 2.88 bits per heavy atom. The predicted molar refractivity (Wildman–Crippen MR) is 60.3 cm³/mol. The Morgan fingerprint density at radius 1 is 1.38 bits per heavy atom. The van der Waals surface area contributed by atoms with Gasteiger partial charge >= 0.3 is 11.9 Å². The van der Waals surface area contributed by atoms with Crippen molar-refractivity contribution in [2.75, 3.05) is 6.61 Å². The quantitative estimate of drug-likeness (QED) is 0.528. The van der Waals surface area contributed by atoms with Gasteiger partial charge in [0, 0.05) is 6.42 Å². The molecule has 4 nitrogen and oxygen atoms in total. The smallest absolute Gasteiger partial charge is 0.394 e. The molecule has 0 saturated carbocycles. The number of nitrogens with zero attached hydrogens (tertiary/aromatic N) is 1. The molecule has 0 aromatic carbocycles. The van der Waals surface area contributed by atoms with E-state index in [1.165, 1.54) is 19.3 Å². The zero-order valence-corrected chi connectivity index (χ0v) is 9.99. The normalized spacial score (nSPS) is 10.4. The summed E-state index contributed by atoms with van der Waals surface area (Å²) in [5.74, 6) is 0.341. The van der Waals surface area contributed by atoms with E-state index in [9.17, 15) is 4.79 Å². The summed E-state index contributed by atoms with van der Waals surface area (Å²) < 4.78 is 10.1. The molecule has 1 rings (SSSR count). The second-order valence-electron chi connectivity index (χ2n) is 3.66. The van der Waals surface area contributed by atoms with Crippen LogP contribution in [0.2, 0.25) is 0 Å². The standard InChI is InChI=1S/C12H19NO3/c1-3-5-6-7-8-10-9-13-11(16-10)12(14)15-4-2/h9H,3-8H2,1-2H3. The van der Waals surface area contributed by atoms with Crippen molar-refractivity contribution in [3.8, 4) is 0 Å². The van der Waals surface area contributed by atoms with Crippen LogP contribution in [0.5, 0.6) is 0 Å². The lowest BCUT2D eigenvalue weighted by molar-refractivity contribution is 0.0479. The van der Waals surface area contributed by atoms with Crippen molar-refractivity contribution >= 4 is 5.97 Å². The maximum absolute atomic E-state index is 11.3. The molecule has 1 aromatic heterocycles. The molecule has 0 atom stereocenters. The van der Waals surface area contributed by atoms with Crippen LogP contribution in [0.25, 0.3) is 0 Å². The third kappa shape index (κ3) is 4.04. The van der Waals surface area contributed by atoms with Gasteiger partial charge in [-0.25, -0.2) is 9.78 Å². The third-order valence-electron chi connectivity index (χ3n) is 2.28. The lowest BCUT2D eigenvalue weighted by atomic mass is 10.1. The lowest BCUT2D eigenvalue weighted by Gasteiger charge is -1.97. The van der Waals surface area contributed by atoms with Gasteiger partial charge in [-0.1, -0.05) is 26.2 Å². The predicted octanol–water partition coefficient (Wildman–Crippen LogP) is 2.97. The van der Waals surface area contributed by atoms with Crippen LogP contribution in [-0.4, -0.2) is 17.6 Å². The molecule has 0 spiro atoms. The molecular weight excluding hydrogens is 206 g/mol. The van der Waals surface area contributed by atoms with Crippen molar-refractivity contribution in [1.29, 1.82) is 0 Å². The summed E-state index contributed by atoms with van der Waals surface area (Å²) in [5.41, 5.74) is 0. The number of oxazole rings is 1. The average Bonchev–Trinajstić information content (AvgIpc) is 2.73. The molecule has 0 amide bonds. The maximum Gasteiger partial charge on any atom is 0.394 e. The molecule has 1 aromatic rings. The van der Waals surface area contributed by atoms with E-state index < -0.39 is 5.97 Å². The number of carbonyl (C=O) groups excluding carboxylic acids is 1. The van der Waals surface area contributed by atoms with E-state index in [4.69, 9.17) is 9.15 Å². The highest BCUT2D eigenvalue weighted by molar-refractivity contribution is 5.84. The minimum Gasteiger partial charge on any atom is -0.459 e. The molecule has 0 aliphatic carbocycles. The van der Waals surface area contributed by atoms with E-state index in [1.54, 1.807) is 13.1 Å². The van der Waals surface area contributed by atoms with E-state index in [-0.39, 0.29) is 5.89 Å². The SMILES string of the molecule is CCCCCCc1cnc(C(=O)OCC)o1. The molecule has 0 aliphatic heterocycles. The highest BCUT2D eigenvalue weighted by Gasteiger charge is 2.13. The van der Waals surface area contributed by atoms with Crippen LogP contribution in [0.1, 0.15) is 56.0 Å². The highest BCUT2D eigenvalue weighted by atomic mass is 16.5. The average molecular weight is 225 g/mol. The fourth-order valence-corrected chi connectivity index (χ4v) is 1.44. The minimum absolute atomic E-state index is 0.0624. The first-order chi connectivity index (χ1) is 7.77. The summed E-state index contributed by atoms with van der Waals surface area (Å²) >= 11 is 0. The lowest BCUT2D eigenvalue weighted by Crippen LogP contribution is -2.04. The first-order valence-electron chi connectivity index (χ1n) is 5.89. The van der Waals surface area contributed by atoms with Gasteiger partial charge in [-0.2, -0.15) is 0 Å². The van der Waals surface area contributed by atoms with Crippen molar-refractivity contribution in [2.45, 2.75) is 46.0 Å². The largest absolute Gasteiger partial charge is 0.459 e. The monoisotopic (exact) mass is 225 g/mol. The fourth-order valence-electron chi connectivity index (χ4n) is 1.44. The van der Waals surface area contributed by atoms with Crippen LogP contribution in [0.4, 0.5) is 0 Å². The van der Waals surface area contributed by atoms with Gasteiger partial charge < -0.3 is 9.15 Å². The summed E-state index contributed by atoms with van der Waals surface area (Å²) in [4.78, 5) is 15.1. The van der Waals surface area contributed by atoms with Gasteiger partial charge in [0.15, 0.2) is 0 Å². The van der Waals surface area contributed by atoms with Gasteiger partial charge in [0.05, 0.1) is 12.8 Å². The second-order valence-corrected chi connectivity index (χ2v) is 3.66. The Labute approximate surface area is 96.0 Å². The number of unbranched alkanes of at least 4 members (excludes halogenated alkanes) is 3. The molecule has 90 valence electrons. The zero-order chi connectivity index (χ0) is 11.8. The van der Waals surface area contributed by atoms with Crippen LogP contribution in [0.3, 0.4) is 0 Å². The minimum atomic E-state index is -0.484. The van der Waals surface area contributed by atoms with Crippen molar-refractivity contribution in [3.63, 3.8) is 0 Å². The number of hydrogen-bond donors (Lipinski definition) is 0. The molecule has 16 heavy (non-hydrogen) atoms.